The monoisotopic (exact) mass is 485 g/mol. The van der Waals surface area contributed by atoms with Gasteiger partial charge in [0.1, 0.15) is 22.6 Å². The predicted molar refractivity (Wildman–Crippen MR) is 130 cm³/mol. The van der Waals surface area contributed by atoms with Gasteiger partial charge in [-0.2, -0.15) is 4.98 Å². The standard InChI is InChI=1S/C24H31N5O4S/c1-25-23(30)16-2-4-18(5-3-16)33-19-6-11-29(12-7-19)24-27-20-10-15-34(31)21(20)22(28-24)26-17-8-13-32-14-9-17/h2-5,17,19H,6-15H2,1H3,(H,25,30)(H,26,27,28). The van der Waals surface area contributed by atoms with Gasteiger partial charge in [-0.25, -0.2) is 4.98 Å². The number of nitrogens with one attached hydrogen (secondary N) is 2. The van der Waals surface area contributed by atoms with Crippen LogP contribution < -0.4 is 20.3 Å². The molecule has 10 heteroatoms. The van der Waals surface area contributed by atoms with E-state index in [1.807, 2.05) is 12.1 Å². The van der Waals surface area contributed by atoms with Crippen LogP contribution >= 0.6 is 0 Å². The molecule has 34 heavy (non-hydrogen) atoms. The number of nitrogens with zero attached hydrogens (tertiary/aromatic N) is 3. The number of carbonyl (C=O) groups is 1. The van der Waals surface area contributed by atoms with Gasteiger partial charge in [0, 0.05) is 70.0 Å². The van der Waals surface area contributed by atoms with Crippen molar-refractivity contribution in [2.24, 2.45) is 0 Å². The quantitative estimate of drug-likeness (QED) is 0.641. The largest absolute Gasteiger partial charge is 0.490 e. The molecule has 1 unspecified atom stereocenters. The number of aromatic nitrogens is 2. The van der Waals surface area contributed by atoms with E-state index in [0.29, 0.717) is 17.3 Å². The molecule has 3 aliphatic rings. The van der Waals surface area contributed by atoms with Gasteiger partial charge in [-0.1, -0.05) is 0 Å². The van der Waals surface area contributed by atoms with Crippen molar-refractivity contribution in [3.63, 3.8) is 0 Å². The fraction of sp³-hybridized carbons (Fsp3) is 0.542. The van der Waals surface area contributed by atoms with E-state index >= 15 is 0 Å². The number of benzene rings is 1. The highest BCUT2D eigenvalue weighted by Crippen LogP contribution is 2.32. The van der Waals surface area contributed by atoms with Gasteiger partial charge < -0.3 is 25.0 Å². The van der Waals surface area contributed by atoms with Crippen molar-refractivity contribution in [2.45, 2.75) is 49.1 Å². The number of fused-ring (bicyclic) bond motifs is 1. The van der Waals surface area contributed by atoms with Gasteiger partial charge in [-0.15, -0.1) is 0 Å². The van der Waals surface area contributed by atoms with Crippen LogP contribution in [0.25, 0.3) is 0 Å². The van der Waals surface area contributed by atoms with E-state index in [-0.39, 0.29) is 18.1 Å². The average Bonchev–Trinajstić information content (AvgIpc) is 3.26. The third-order valence-electron chi connectivity index (χ3n) is 6.61. The van der Waals surface area contributed by atoms with Crippen molar-refractivity contribution in [2.75, 3.05) is 49.3 Å². The van der Waals surface area contributed by atoms with Crippen molar-refractivity contribution in [1.82, 2.24) is 15.3 Å². The van der Waals surface area contributed by atoms with Crippen LogP contribution in [-0.2, 0) is 22.0 Å². The van der Waals surface area contributed by atoms with Gasteiger partial charge >= 0.3 is 0 Å². The maximum Gasteiger partial charge on any atom is 0.251 e. The average molecular weight is 486 g/mol. The molecule has 9 nitrogen and oxygen atoms in total. The molecular weight excluding hydrogens is 454 g/mol. The normalized spacial score (nSPS) is 21.2. The number of rotatable bonds is 6. The zero-order valence-corrected chi connectivity index (χ0v) is 20.2. The zero-order chi connectivity index (χ0) is 23.5. The molecule has 2 saturated heterocycles. The number of aryl methyl sites for hydroxylation is 1. The Morgan fingerprint density at radius 3 is 2.56 bits per heavy atom. The minimum Gasteiger partial charge on any atom is -0.490 e. The first-order valence-corrected chi connectivity index (χ1v) is 13.3. The maximum atomic E-state index is 12.6. The smallest absolute Gasteiger partial charge is 0.251 e. The number of ether oxygens (including phenoxy) is 2. The van der Waals surface area contributed by atoms with E-state index < -0.39 is 10.8 Å². The van der Waals surface area contributed by atoms with Crippen molar-refractivity contribution in [3.05, 3.63) is 35.5 Å². The third kappa shape index (κ3) is 5.02. The lowest BCUT2D eigenvalue weighted by Crippen LogP contribution is -2.39. The Morgan fingerprint density at radius 1 is 1.12 bits per heavy atom. The number of piperidine rings is 1. The Bertz CT molecular complexity index is 1050. The lowest BCUT2D eigenvalue weighted by atomic mass is 10.1. The van der Waals surface area contributed by atoms with E-state index in [4.69, 9.17) is 19.4 Å². The highest BCUT2D eigenvalue weighted by atomic mass is 32.2. The van der Waals surface area contributed by atoms with E-state index in [0.717, 1.165) is 80.6 Å². The first kappa shape index (κ1) is 23.0. The molecule has 1 aromatic heterocycles. The van der Waals surface area contributed by atoms with Crippen LogP contribution in [0.4, 0.5) is 11.8 Å². The molecule has 182 valence electrons. The molecule has 1 atom stereocenters. The van der Waals surface area contributed by atoms with Crippen LogP contribution in [0, 0.1) is 0 Å². The molecule has 2 N–H and O–H groups in total. The predicted octanol–water partition coefficient (Wildman–Crippen LogP) is 2.14. The molecule has 4 heterocycles. The van der Waals surface area contributed by atoms with Crippen molar-refractivity contribution in [1.29, 1.82) is 0 Å². The van der Waals surface area contributed by atoms with Gasteiger partial charge in [0.05, 0.1) is 16.5 Å². The summed E-state index contributed by atoms with van der Waals surface area (Å²) in [6.45, 7) is 3.06. The fourth-order valence-corrected chi connectivity index (χ4v) is 5.97. The van der Waals surface area contributed by atoms with E-state index in [1.165, 1.54) is 0 Å². The molecule has 1 amide bonds. The Labute approximate surface area is 202 Å². The molecular formula is C24H31N5O4S. The van der Waals surface area contributed by atoms with Crippen LogP contribution in [0.2, 0.25) is 0 Å². The molecule has 2 aromatic rings. The molecule has 5 rings (SSSR count). The van der Waals surface area contributed by atoms with Crippen LogP contribution in [0.15, 0.2) is 29.2 Å². The summed E-state index contributed by atoms with van der Waals surface area (Å²) >= 11 is 0. The Balaban J connectivity index is 1.24. The number of anilines is 2. The van der Waals surface area contributed by atoms with Gasteiger partial charge in [-0.05, 0) is 37.1 Å². The second kappa shape index (κ2) is 10.3. The van der Waals surface area contributed by atoms with Gasteiger partial charge in [0.2, 0.25) is 5.95 Å². The number of amides is 1. The second-order valence-electron chi connectivity index (χ2n) is 8.89. The summed E-state index contributed by atoms with van der Waals surface area (Å²) in [5.41, 5.74) is 1.52. The summed E-state index contributed by atoms with van der Waals surface area (Å²) in [5.74, 6) is 2.72. The Morgan fingerprint density at radius 2 is 1.85 bits per heavy atom. The van der Waals surface area contributed by atoms with Crippen LogP contribution in [-0.4, -0.2) is 71.3 Å². The molecule has 0 aliphatic carbocycles. The van der Waals surface area contributed by atoms with E-state index in [9.17, 15) is 9.00 Å². The van der Waals surface area contributed by atoms with E-state index in [1.54, 1.807) is 19.2 Å². The summed E-state index contributed by atoms with van der Waals surface area (Å²) in [6, 6.07) is 7.52. The maximum absolute atomic E-state index is 12.6. The second-order valence-corrected chi connectivity index (χ2v) is 10.4. The molecule has 2 fully saturated rings. The van der Waals surface area contributed by atoms with Crippen LogP contribution in [0.5, 0.6) is 5.75 Å². The fourth-order valence-electron chi connectivity index (χ4n) is 4.65. The van der Waals surface area contributed by atoms with E-state index in [2.05, 4.69) is 15.5 Å². The minimum absolute atomic E-state index is 0.101. The SMILES string of the molecule is CNC(=O)c1ccc(OC2CCN(c3nc4c(c(NC5CCOCC5)n3)S(=O)CC4)CC2)cc1. The van der Waals surface area contributed by atoms with Crippen molar-refractivity contribution < 1.29 is 18.5 Å². The number of carbonyl (C=O) groups excluding carboxylic acids is 1. The Hall–Kier alpha value is -2.72. The van der Waals surface area contributed by atoms with Crippen LogP contribution in [0.3, 0.4) is 0 Å². The summed E-state index contributed by atoms with van der Waals surface area (Å²) in [5, 5.41) is 6.17. The highest BCUT2D eigenvalue weighted by molar-refractivity contribution is 7.85. The van der Waals surface area contributed by atoms with Gasteiger partial charge in [0.25, 0.3) is 5.91 Å². The molecule has 0 spiro atoms. The Kier molecular flexibility index (Phi) is 6.96. The minimum atomic E-state index is -1.04. The first-order chi connectivity index (χ1) is 16.6. The third-order valence-corrected chi connectivity index (χ3v) is 8.07. The van der Waals surface area contributed by atoms with Gasteiger partial charge in [-0.3, -0.25) is 9.00 Å². The molecule has 3 aliphatic heterocycles. The highest BCUT2D eigenvalue weighted by Gasteiger charge is 2.30. The van der Waals surface area contributed by atoms with Crippen LogP contribution in [0.1, 0.15) is 41.7 Å². The number of hydrogen-bond acceptors (Lipinski definition) is 8. The summed E-state index contributed by atoms with van der Waals surface area (Å²) < 4.78 is 24.3. The molecule has 0 bridgehead atoms. The summed E-state index contributed by atoms with van der Waals surface area (Å²) in [7, 11) is 0.577. The lowest BCUT2D eigenvalue weighted by molar-refractivity contribution is 0.0903. The van der Waals surface area contributed by atoms with Crippen molar-refractivity contribution in [3.8, 4) is 5.75 Å². The summed E-state index contributed by atoms with van der Waals surface area (Å²) in [4.78, 5) is 24.3. The number of hydrogen-bond donors (Lipinski definition) is 2. The molecule has 0 radical (unpaired) electrons. The zero-order valence-electron chi connectivity index (χ0n) is 19.4. The van der Waals surface area contributed by atoms with Gasteiger partial charge in [0.15, 0.2) is 0 Å². The topological polar surface area (TPSA) is 106 Å². The summed E-state index contributed by atoms with van der Waals surface area (Å²) in [6.07, 6.45) is 4.38. The first-order valence-electron chi connectivity index (χ1n) is 12.0. The lowest BCUT2D eigenvalue weighted by Gasteiger charge is -2.33. The molecule has 0 saturated carbocycles. The van der Waals surface area contributed by atoms with Crippen molar-refractivity contribution >= 4 is 28.5 Å². The molecule has 1 aromatic carbocycles.